The fourth-order valence-corrected chi connectivity index (χ4v) is 2.98. The summed E-state index contributed by atoms with van der Waals surface area (Å²) in [5.41, 5.74) is 9.40. The van der Waals surface area contributed by atoms with E-state index in [1.807, 2.05) is 43.3 Å². The van der Waals surface area contributed by atoms with Gasteiger partial charge in [0.15, 0.2) is 5.82 Å². The molecular weight excluding hydrogens is 398 g/mol. The van der Waals surface area contributed by atoms with Crippen molar-refractivity contribution in [3.63, 3.8) is 0 Å². The van der Waals surface area contributed by atoms with Crippen molar-refractivity contribution in [1.29, 1.82) is 0 Å². The van der Waals surface area contributed by atoms with Gasteiger partial charge in [-0.3, -0.25) is 0 Å². The van der Waals surface area contributed by atoms with Crippen molar-refractivity contribution in [3.8, 4) is 17.1 Å². The largest absolute Gasteiger partial charge is 0.399 e. The predicted molar refractivity (Wildman–Crippen MR) is 89.1 cm³/mol. The SMILES string of the molecule is Cc1ccc(Br)c(-n2nnnc2-c2cc(N)cc(Br)c2)c1. The minimum absolute atomic E-state index is 0.634. The number of tetrazole rings is 1. The Morgan fingerprint density at radius 2 is 1.90 bits per heavy atom. The minimum atomic E-state index is 0.634. The molecule has 3 aromatic rings. The maximum atomic E-state index is 5.89. The minimum Gasteiger partial charge on any atom is -0.399 e. The molecule has 2 N–H and O–H groups in total. The second-order valence-electron chi connectivity index (χ2n) is 4.64. The van der Waals surface area contributed by atoms with E-state index in [2.05, 4.69) is 47.4 Å². The number of nitrogen functional groups attached to an aromatic ring is 1. The smallest absolute Gasteiger partial charge is 0.187 e. The Morgan fingerprint density at radius 1 is 1.10 bits per heavy atom. The maximum absolute atomic E-state index is 5.89. The number of hydrogen-bond acceptors (Lipinski definition) is 4. The molecule has 0 saturated carbocycles. The molecule has 0 atom stereocenters. The summed E-state index contributed by atoms with van der Waals surface area (Å²) in [6.45, 7) is 2.02. The van der Waals surface area contributed by atoms with E-state index < -0.39 is 0 Å². The van der Waals surface area contributed by atoms with Crippen LogP contribution in [0.3, 0.4) is 0 Å². The summed E-state index contributed by atoms with van der Waals surface area (Å²) in [4.78, 5) is 0. The molecule has 0 unspecified atom stereocenters. The molecule has 0 aliphatic rings. The summed E-state index contributed by atoms with van der Waals surface area (Å²) < 4.78 is 3.50. The van der Waals surface area contributed by atoms with Crippen molar-refractivity contribution in [2.75, 3.05) is 5.73 Å². The summed E-state index contributed by atoms with van der Waals surface area (Å²) in [6, 6.07) is 11.6. The van der Waals surface area contributed by atoms with Gasteiger partial charge in [-0.15, -0.1) is 5.10 Å². The zero-order valence-electron chi connectivity index (χ0n) is 11.1. The van der Waals surface area contributed by atoms with Gasteiger partial charge >= 0.3 is 0 Å². The molecule has 106 valence electrons. The molecule has 0 aliphatic heterocycles. The van der Waals surface area contributed by atoms with Crippen molar-refractivity contribution in [2.24, 2.45) is 0 Å². The quantitative estimate of drug-likeness (QED) is 0.655. The summed E-state index contributed by atoms with van der Waals surface area (Å²) in [5.74, 6) is 0.634. The van der Waals surface area contributed by atoms with Crippen LogP contribution in [0.4, 0.5) is 5.69 Å². The van der Waals surface area contributed by atoms with E-state index in [1.165, 1.54) is 0 Å². The number of benzene rings is 2. The van der Waals surface area contributed by atoms with Gasteiger partial charge in [0.2, 0.25) is 0 Å². The van der Waals surface area contributed by atoms with Crippen LogP contribution in [0.5, 0.6) is 0 Å². The second-order valence-corrected chi connectivity index (χ2v) is 6.41. The Hall–Kier alpha value is -1.73. The van der Waals surface area contributed by atoms with E-state index >= 15 is 0 Å². The van der Waals surface area contributed by atoms with Gasteiger partial charge in [0.25, 0.3) is 0 Å². The number of nitrogens with two attached hydrogens (primary N) is 1. The van der Waals surface area contributed by atoms with Crippen LogP contribution < -0.4 is 5.73 Å². The Bertz CT molecular complexity index is 793. The lowest BCUT2D eigenvalue weighted by Crippen LogP contribution is -2.01. The van der Waals surface area contributed by atoms with Crippen molar-refractivity contribution in [1.82, 2.24) is 20.2 Å². The normalized spacial score (nSPS) is 10.8. The van der Waals surface area contributed by atoms with Crippen LogP contribution >= 0.6 is 31.9 Å². The molecule has 2 aromatic carbocycles. The highest BCUT2D eigenvalue weighted by Crippen LogP contribution is 2.28. The first kappa shape index (κ1) is 14.2. The topological polar surface area (TPSA) is 69.6 Å². The standard InChI is InChI=1S/C14H11Br2N5/c1-8-2-3-12(16)13(4-8)21-14(18-19-20-21)9-5-10(15)7-11(17)6-9/h2-7H,17H2,1H3. The summed E-state index contributed by atoms with van der Waals surface area (Å²) in [7, 11) is 0. The number of rotatable bonds is 2. The van der Waals surface area contributed by atoms with Gasteiger partial charge in [0, 0.05) is 20.2 Å². The summed E-state index contributed by atoms with van der Waals surface area (Å²) >= 11 is 6.98. The zero-order chi connectivity index (χ0) is 15.0. The van der Waals surface area contributed by atoms with Crippen molar-refractivity contribution >= 4 is 37.5 Å². The Balaban J connectivity index is 2.19. The molecule has 0 fully saturated rings. The van der Waals surface area contributed by atoms with Crippen LogP contribution in [0, 0.1) is 6.92 Å². The molecule has 21 heavy (non-hydrogen) atoms. The van der Waals surface area contributed by atoms with Crippen LogP contribution in [-0.2, 0) is 0 Å². The first-order valence-corrected chi connectivity index (χ1v) is 7.74. The highest BCUT2D eigenvalue weighted by molar-refractivity contribution is 9.10. The van der Waals surface area contributed by atoms with Gasteiger partial charge in [-0.1, -0.05) is 22.0 Å². The number of halogens is 2. The van der Waals surface area contributed by atoms with Crippen molar-refractivity contribution in [2.45, 2.75) is 6.92 Å². The predicted octanol–water partition coefficient (Wildman–Crippen LogP) is 3.74. The van der Waals surface area contributed by atoms with Crippen molar-refractivity contribution < 1.29 is 0 Å². The Kier molecular flexibility index (Phi) is 3.77. The van der Waals surface area contributed by atoms with E-state index in [4.69, 9.17) is 5.73 Å². The van der Waals surface area contributed by atoms with Crippen LogP contribution in [0.25, 0.3) is 17.1 Å². The maximum Gasteiger partial charge on any atom is 0.187 e. The monoisotopic (exact) mass is 407 g/mol. The van der Waals surface area contributed by atoms with Gasteiger partial charge in [-0.05, 0) is 69.2 Å². The highest BCUT2D eigenvalue weighted by atomic mass is 79.9. The van der Waals surface area contributed by atoms with Crippen LogP contribution in [0.1, 0.15) is 5.56 Å². The van der Waals surface area contributed by atoms with Gasteiger partial charge in [-0.2, -0.15) is 4.68 Å². The first-order valence-electron chi connectivity index (χ1n) is 6.16. The number of nitrogens with zero attached hydrogens (tertiary/aromatic N) is 4. The highest BCUT2D eigenvalue weighted by Gasteiger charge is 2.14. The van der Waals surface area contributed by atoms with Gasteiger partial charge in [0.05, 0.1) is 5.69 Å². The zero-order valence-corrected chi connectivity index (χ0v) is 14.3. The van der Waals surface area contributed by atoms with Crippen LogP contribution in [-0.4, -0.2) is 20.2 Å². The van der Waals surface area contributed by atoms with Gasteiger partial charge in [0.1, 0.15) is 0 Å². The number of anilines is 1. The van der Waals surface area contributed by atoms with Crippen molar-refractivity contribution in [3.05, 3.63) is 50.9 Å². The lowest BCUT2D eigenvalue weighted by molar-refractivity contribution is 0.788. The molecule has 0 bridgehead atoms. The number of aromatic nitrogens is 4. The van der Waals surface area contributed by atoms with Gasteiger partial charge < -0.3 is 5.73 Å². The second kappa shape index (κ2) is 5.57. The third kappa shape index (κ3) is 2.84. The molecule has 0 aliphatic carbocycles. The molecule has 1 heterocycles. The van der Waals surface area contributed by atoms with E-state index in [-0.39, 0.29) is 0 Å². The molecule has 0 radical (unpaired) electrons. The first-order chi connectivity index (χ1) is 10.0. The molecule has 0 spiro atoms. The molecule has 5 nitrogen and oxygen atoms in total. The summed E-state index contributed by atoms with van der Waals surface area (Å²) in [5, 5.41) is 12.0. The van der Waals surface area contributed by atoms with E-state index in [0.29, 0.717) is 11.5 Å². The van der Waals surface area contributed by atoms with E-state index in [1.54, 1.807) is 4.68 Å². The average molecular weight is 409 g/mol. The van der Waals surface area contributed by atoms with Crippen LogP contribution in [0.2, 0.25) is 0 Å². The molecule has 3 rings (SSSR count). The lowest BCUT2D eigenvalue weighted by atomic mass is 10.2. The molecule has 0 amide bonds. The molecule has 1 aromatic heterocycles. The molecular formula is C14H11Br2N5. The molecule has 0 saturated heterocycles. The van der Waals surface area contributed by atoms with Gasteiger partial charge in [-0.25, -0.2) is 0 Å². The summed E-state index contributed by atoms with van der Waals surface area (Å²) in [6.07, 6.45) is 0. The fraction of sp³-hybridized carbons (Fsp3) is 0.0714. The number of aryl methyl sites for hydroxylation is 1. The number of hydrogen-bond donors (Lipinski definition) is 1. The van der Waals surface area contributed by atoms with E-state index in [0.717, 1.165) is 25.8 Å². The van der Waals surface area contributed by atoms with E-state index in [9.17, 15) is 0 Å². The Labute approximate surface area is 138 Å². The molecule has 7 heteroatoms. The fourth-order valence-electron chi connectivity index (χ4n) is 2.06. The Morgan fingerprint density at radius 3 is 2.67 bits per heavy atom. The third-order valence-corrected chi connectivity index (χ3v) is 4.11. The van der Waals surface area contributed by atoms with Crippen LogP contribution in [0.15, 0.2) is 45.3 Å². The lowest BCUT2D eigenvalue weighted by Gasteiger charge is -2.08. The third-order valence-electron chi connectivity index (χ3n) is 2.98. The average Bonchev–Trinajstić information content (AvgIpc) is 2.89.